The molecule has 1 aromatic rings. The van der Waals surface area contributed by atoms with Crippen LogP contribution in [0.4, 0.5) is 5.69 Å². The van der Waals surface area contributed by atoms with Crippen molar-refractivity contribution in [3.63, 3.8) is 0 Å². The van der Waals surface area contributed by atoms with Crippen molar-refractivity contribution in [1.29, 1.82) is 0 Å². The first-order valence-electron chi connectivity index (χ1n) is 5.73. The van der Waals surface area contributed by atoms with Gasteiger partial charge < -0.3 is 10.0 Å². The number of aryl methyl sites for hydroxylation is 1. The van der Waals surface area contributed by atoms with E-state index in [1.165, 1.54) is 0 Å². The van der Waals surface area contributed by atoms with Gasteiger partial charge >= 0.3 is 5.97 Å². The fraction of sp³-hybridized carbons (Fsp3) is 0.385. The molecule has 18 heavy (non-hydrogen) atoms. The first kappa shape index (κ1) is 13.1. The van der Waals surface area contributed by atoms with Gasteiger partial charge in [0.1, 0.15) is 0 Å². The Morgan fingerprint density at radius 1 is 1.56 bits per heavy atom. The summed E-state index contributed by atoms with van der Waals surface area (Å²) in [5.41, 5.74) is 1.55. The summed E-state index contributed by atoms with van der Waals surface area (Å²) in [5.74, 6) is -0.751. The van der Waals surface area contributed by atoms with Crippen LogP contribution in [-0.2, 0) is 4.79 Å². The van der Waals surface area contributed by atoms with Crippen molar-refractivity contribution in [3.8, 4) is 0 Å². The minimum Gasteiger partial charge on any atom is -0.478 e. The summed E-state index contributed by atoms with van der Waals surface area (Å²) < 4.78 is 0. The highest BCUT2D eigenvalue weighted by atomic mass is 79.9. The summed E-state index contributed by atoms with van der Waals surface area (Å²) >= 11 is 3.37. The second-order valence-corrected chi connectivity index (χ2v) is 5.15. The number of anilines is 1. The Bertz CT molecular complexity index is 501. The van der Waals surface area contributed by atoms with Crippen LogP contribution in [0.3, 0.4) is 0 Å². The molecule has 1 aliphatic rings. The van der Waals surface area contributed by atoms with Gasteiger partial charge in [0, 0.05) is 18.3 Å². The predicted octanol–water partition coefficient (Wildman–Crippen LogP) is 2.44. The maximum Gasteiger partial charge on any atom is 0.337 e. The van der Waals surface area contributed by atoms with E-state index in [-0.39, 0.29) is 17.4 Å². The van der Waals surface area contributed by atoms with Crippen LogP contribution in [-0.4, -0.2) is 28.9 Å². The van der Waals surface area contributed by atoms with Gasteiger partial charge in [-0.2, -0.15) is 0 Å². The first-order valence-corrected chi connectivity index (χ1v) is 6.86. The summed E-state index contributed by atoms with van der Waals surface area (Å²) in [7, 11) is 0. The molecule has 1 N–H and O–H groups in total. The fourth-order valence-electron chi connectivity index (χ4n) is 2.29. The number of amides is 1. The van der Waals surface area contributed by atoms with Gasteiger partial charge in [-0.3, -0.25) is 4.79 Å². The molecule has 5 heteroatoms. The van der Waals surface area contributed by atoms with Gasteiger partial charge in [0.2, 0.25) is 5.91 Å². The first-order chi connectivity index (χ1) is 8.54. The average molecular weight is 312 g/mol. The predicted molar refractivity (Wildman–Crippen MR) is 72.4 cm³/mol. The zero-order valence-electron chi connectivity index (χ0n) is 10.0. The molecule has 0 saturated carbocycles. The van der Waals surface area contributed by atoms with Crippen LogP contribution < -0.4 is 4.90 Å². The van der Waals surface area contributed by atoms with E-state index in [4.69, 9.17) is 0 Å². The second kappa shape index (κ2) is 5.10. The lowest BCUT2D eigenvalue weighted by atomic mass is 10.1. The lowest BCUT2D eigenvalue weighted by molar-refractivity contribution is -0.117. The number of alkyl halides is 1. The maximum atomic E-state index is 12.0. The molecular weight excluding hydrogens is 298 g/mol. The fourth-order valence-corrected chi connectivity index (χ4v) is 2.72. The van der Waals surface area contributed by atoms with Crippen molar-refractivity contribution in [2.75, 3.05) is 16.8 Å². The van der Waals surface area contributed by atoms with E-state index in [9.17, 15) is 14.7 Å². The van der Waals surface area contributed by atoms with Crippen molar-refractivity contribution < 1.29 is 14.7 Å². The Hall–Kier alpha value is -1.36. The van der Waals surface area contributed by atoms with Gasteiger partial charge in [-0.25, -0.2) is 4.79 Å². The van der Waals surface area contributed by atoms with E-state index in [0.717, 1.165) is 10.9 Å². The third-order valence-electron chi connectivity index (χ3n) is 3.16. The topological polar surface area (TPSA) is 57.6 Å². The van der Waals surface area contributed by atoms with Gasteiger partial charge in [0.05, 0.1) is 11.3 Å². The average Bonchev–Trinajstić information content (AvgIpc) is 2.70. The highest BCUT2D eigenvalue weighted by Crippen LogP contribution is 2.31. The van der Waals surface area contributed by atoms with Gasteiger partial charge in [-0.05, 0) is 24.5 Å². The molecule has 0 aliphatic carbocycles. The third-order valence-corrected chi connectivity index (χ3v) is 4.08. The number of halogens is 1. The van der Waals surface area contributed by atoms with Gasteiger partial charge in [0.25, 0.3) is 0 Å². The molecule has 4 nitrogen and oxygen atoms in total. The molecule has 0 bridgehead atoms. The Kier molecular flexibility index (Phi) is 3.71. The van der Waals surface area contributed by atoms with Crippen LogP contribution in [0.25, 0.3) is 0 Å². The molecule has 1 aromatic carbocycles. The van der Waals surface area contributed by atoms with E-state index in [1.54, 1.807) is 17.0 Å². The maximum absolute atomic E-state index is 12.0. The number of carboxylic acids is 1. The van der Waals surface area contributed by atoms with Crippen molar-refractivity contribution in [2.24, 2.45) is 5.92 Å². The zero-order chi connectivity index (χ0) is 13.3. The standard InChI is InChI=1S/C13H14BrNO3/c1-8-3-2-4-10(13(17)18)12(8)15-7-9(6-14)5-11(15)16/h2-4,9H,5-7H2,1H3,(H,17,18). The molecular formula is C13H14BrNO3. The molecule has 0 radical (unpaired) electrons. The summed E-state index contributed by atoms with van der Waals surface area (Å²) in [6.45, 7) is 2.41. The number of hydrogen-bond acceptors (Lipinski definition) is 2. The number of aromatic carboxylic acids is 1. The normalized spacial score (nSPS) is 19.3. The molecule has 1 atom stereocenters. The Morgan fingerprint density at radius 3 is 2.83 bits per heavy atom. The monoisotopic (exact) mass is 311 g/mol. The molecule has 0 aromatic heterocycles. The summed E-state index contributed by atoms with van der Waals surface area (Å²) in [6, 6.07) is 5.07. The van der Waals surface area contributed by atoms with Crippen LogP contribution >= 0.6 is 15.9 Å². The number of nitrogens with zero attached hydrogens (tertiary/aromatic N) is 1. The highest BCUT2D eigenvalue weighted by Gasteiger charge is 2.32. The molecule has 1 aliphatic heterocycles. The van der Waals surface area contributed by atoms with E-state index in [0.29, 0.717) is 18.7 Å². The van der Waals surface area contributed by atoms with Crippen LogP contribution in [0.2, 0.25) is 0 Å². The van der Waals surface area contributed by atoms with Crippen molar-refractivity contribution >= 4 is 33.5 Å². The Balaban J connectivity index is 2.45. The molecule has 1 heterocycles. The van der Waals surface area contributed by atoms with Gasteiger partial charge in [-0.1, -0.05) is 28.1 Å². The van der Waals surface area contributed by atoms with Crippen molar-refractivity contribution in [2.45, 2.75) is 13.3 Å². The van der Waals surface area contributed by atoms with Crippen LogP contribution in [0.15, 0.2) is 18.2 Å². The molecule has 0 spiro atoms. The number of benzene rings is 1. The quantitative estimate of drug-likeness (QED) is 0.872. The molecule has 1 amide bonds. The van der Waals surface area contributed by atoms with Crippen molar-refractivity contribution in [1.82, 2.24) is 0 Å². The summed E-state index contributed by atoms with van der Waals surface area (Å²) in [4.78, 5) is 24.8. The number of carboxylic acid groups (broad SMARTS) is 1. The molecule has 96 valence electrons. The zero-order valence-corrected chi connectivity index (χ0v) is 11.6. The smallest absolute Gasteiger partial charge is 0.337 e. The molecule has 1 unspecified atom stereocenters. The number of carbonyl (C=O) groups excluding carboxylic acids is 1. The Morgan fingerprint density at radius 2 is 2.28 bits per heavy atom. The van der Waals surface area contributed by atoms with Crippen LogP contribution in [0, 0.1) is 12.8 Å². The number of para-hydroxylation sites is 1. The van der Waals surface area contributed by atoms with Gasteiger partial charge in [0.15, 0.2) is 0 Å². The van der Waals surface area contributed by atoms with E-state index < -0.39 is 5.97 Å². The Labute approximate surface area is 114 Å². The second-order valence-electron chi connectivity index (χ2n) is 4.51. The van der Waals surface area contributed by atoms with Gasteiger partial charge in [-0.15, -0.1) is 0 Å². The molecule has 1 saturated heterocycles. The minimum atomic E-state index is -0.996. The molecule has 1 fully saturated rings. The van der Waals surface area contributed by atoms with E-state index in [1.807, 2.05) is 13.0 Å². The van der Waals surface area contributed by atoms with Crippen LogP contribution in [0.1, 0.15) is 22.3 Å². The van der Waals surface area contributed by atoms with E-state index in [2.05, 4.69) is 15.9 Å². The number of carbonyl (C=O) groups is 2. The largest absolute Gasteiger partial charge is 0.478 e. The number of rotatable bonds is 3. The van der Waals surface area contributed by atoms with Crippen molar-refractivity contribution in [3.05, 3.63) is 29.3 Å². The SMILES string of the molecule is Cc1cccc(C(=O)O)c1N1CC(CBr)CC1=O. The molecule has 2 rings (SSSR count). The van der Waals surface area contributed by atoms with E-state index >= 15 is 0 Å². The highest BCUT2D eigenvalue weighted by molar-refractivity contribution is 9.09. The van der Waals surface area contributed by atoms with Crippen LogP contribution in [0.5, 0.6) is 0 Å². The summed E-state index contributed by atoms with van der Waals surface area (Å²) in [5, 5.41) is 9.97. The summed E-state index contributed by atoms with van der Waals surface area (Å²) in [6.07, 6.45) is 0.471. The number of hydrogen-bond donors (Lipinski definition) is 1. The lowest BCUT2D eigenvalue weighted by Gasteiger charge is -2.21. The lowest BCUT2D eigenvalue weighted by Crippen LogP contribution is -2.27. The minimum absolute atomic E-state index is 0.00347. The third kappa shape index (κ3) is 2.27.